The number of H-pyrrole nitrogens is 1. The predicted molar refractivity (Wildman–Crippen MR) is 118 cm³/mol. The van der Waals surface area contributed by atoms with E-state index in [9.17, 15) is 9.59 Å². The van der Waals surface area contributed by atoms with Crippen molar-refractivity contribution >= 4 is 27.9 Å². The fraction of sp³-hybridized carbons (Fsp3) is 0.318. The van der Waals surface area contributed by atoms with Crippen LogP contribution in [0.1, 0.15) is 39.6 Å². The monoisotopic (exact) mass is 404 g/mol. The Morgan fingerprint density at radius 3 is 2.63 bits per heavy atom. The zero-order chi connectivity index (χ0) is 21.5. The van der Waals surface area contributed by atoms with Crippen molar-refractivity contribution in [1.29, 1.82) is 0 Å². The Morgan fingerprint density at radius 2 is 1.87 bits per heavy atom. The van der Waals surface area contributed by atoms with Crippen LogP contribution in [-0.2, 0) is 6.54 Å². The van der Waals surface area contributed by atoms with Crippen molar-refractivity contribution in [1.82, 2.24) is 24.5 Å². The van der Waals surface area contributed by atoms with Crippen LogP contribution < -0.4 is 16.4 Å². The van der Waals surface area contributed by atoms with Gasteiger partial charge < -0.3 is 10.3 Å². The molecule has 4 aromatic rings. The van der Waals surface area contributed by atoms with Gasteiger partial charge in [0.1, 0.15) is 11.5 Å². The average Bonchev–Trinajstić information content (AvgIpc) is 2.69. The fourth-order valence-electron chi connectivity index (χ4n) is 3.34. The molecule has 30 heavy (non-hydrogen) atoms. The van der Waals surface area contributed by atoms with Gasteiger partial charge in [-0.15, -0.1) is 0 Å². The molecule has 4 rings (SSSR count). The molecule has 0 unspecified atom stereocenters. The summed E-state index contributed by atoms with van der Waals surface area (Å²) in [6.07, 6.45) is 1.69. The molecule has 8 nitrogen and oxygen atoms in total. The Hall–Kier alpha value is -3.55. The van der Waals surface area contributed by atoms with Crippen LogP contribution in [0.5, 0.6) is 0 Å². The number of aromatic nitrogens is 5. The molecule has 8 heteroatoms. The standard InChI is InChI=1S/C22H24N6O2/c1-13(18-25-16-8-6-5-7-15(16)20(30)26-18)24-21-23-11-14-9-10-17(29)28(19(14)27-21)12-22(2,3)4/h5-11,13H,12H2,1-4H3,(H,23,24,27)(H,25,26,30)/t13-/m0/s1. The topological polar surface area (TPSA) is 106 Å². The Bertz CT molecular complexity index is 1350. The number of nitrogens with zero attached hydrogens (tertiary/aromatic N) is 4. The maximum Gasteiger partial charge on any atom is 0.258 e. The zero-order valence-electron chi connectivity index (χ0n) is 17.4. The molecule has 0 amide bonds. The van der Waals surface area contributed by atoms with Gasteiger partial charge in [0.25, 0.3) is 11.1 Å². The largest absolute Gasteiger partial charge is 0.344 e. The van der Waals surface area contributed by atoms with Gasteiger partial charge >= 0.3 is 0 Å². The second kappa shape index (κ2) is 7.37. The highest BCUT2D eigenvalue weighted by molar-refractivity contribution is 5.77. The van der Waals surface area contributed by atoms with Gasteiger partial charge in [0, 0.05) is 24.2 Å². The number of anilines is 1. The smallest absolute Gasteiger partial charge is 0.258 e. The van der Waals surface area contributed by atoms with Crippen molar-refractivity contribution < 1.29 is 0 Å². The first-order valence-corrected chi connectivity index (χ1v) is 9.83. The van der Waals surface area contributed by atoms with Crippen LogP contribution in [0, 0.1) is 5.41 Å². The van der Waals surface area contributed by atoms with Crippen LogP contribution in [0.25, 0.3) is 21.9 Å². The summed E-state index contributed by atoms with van der Waals surface area (Å²) in [4.78, 5) is 41.1. The molecule has 0 aliphatic rings. The second-order valence-electron chi connectivity index (χ2n) is 8.63. The minimum absolute atomic E-state index is 0.0849. The first-order valence-electron chi connectivity index (χ1n) is 9.83. The molecule has 0 aliphatic heterocycles. The first-order chi connectivity index (χ1) is 14.2. The minimum Gasteiger partial charge on any atom is -0.344 e. The van der Waals surface area contributed by atoms with E-state index in [1.54, 1.807) is 35.0 Å². The zero-order valence-corrected chi connectivity index (χ0v) is 17.4. The summed E-state index contributed by atoms with van der Waals surface area (Å²) in [5, 5.41) is 4.51. The quantitative estimate of drug-likeness (QED) is 0.541. The Balaban J connectivity index is 1.71. The number of benzene rings is 1. The van der Waals surface area contributed by atoms with Crippen molar-refractivity contribution in [3.63, 3.8) is 0 Å². The summed E-state index contributed by atoms with van der Waals surface area (Å²) in [6, 6.07) is 10.1. The van der Waals surface area contributed by atoms with Crippen molar-refractivity contribution in [2.24, 2.45) is 5.41 Å². The van der Waals surface area contributed by atoms with Gasteiger partial charge in [-0.25, -0.2) is 9.97 Å². The number of para-hydroxylation sites is 1. The summed E-state index contributed by atoms with van der Waals surface area (Å²) in [7, 11) is 0. The molecule has 0 bridgehead atoms. The third kappa shape index (κ3) is 3.94. The van der Waals surface area contributed by atoms with Gasteiger partial charge in [-0.3, -0.25) is 14.2 Å². The molecule has 0 radical (unpaired) electrons. The maximum atomic E-state index is 12.5. The van der Waals surface area contributed by atoms with Gasteiger partial charge in [0.05, 0.1) is 16.9 Å². The number of pyridine rings is 1. The van der Waals surface area contributed by atoms with Gasteiger partial charge in [-0.05, 0) is 30.5 Å². The summed E-state index contributed by atoms with van der Waals surface area (Å²) in [5.74, 6) is 0.849. The molecule has 2 N–H and O–H groups in total. The van der Waals surface area contributed by atoms with E-state index in [-0.39, 0.29) is 22.6 Å². The Kier molecular flexibility index (Phi) is 4.85. The van der Waals surface area contributed by atoms with Gasteiger partial charge in [-0.1, -0.05) is 32.9 Å². The van der Waals surface area contributed by atoms with Crippen LogP contribution in [0.3, 0.4) is 0 Å². The molecular weight excluding hydrogens is 380 g/mol. The van der Waals surface area contributed by atoms with Crippen LogP contribution >= 0.6 is 0 Å². The SMILES string of the molecule is C[C@H](Nc1ncc2ccc(=O)n(CC(C)(C)C)c2n1)c1nc2ccccc2c(=O)[nH]1. The molecule has 3 heterocycles. The lowest BCUT2D eigenvalue weighted by Crippen LogP contribution is -2.27. The average molecular weight is 404 g/mol. The predicted octanol–water partition coefficient (Wildman–Crippen LogP) is 3.25. The molecular formula is C22H24N6O2. The van der Waals surface area contributed by atoms with Gasteiger partial charge in [-0.2, -0.15) is 4.98 Å². The van der Waals surface area contributed by atoms with E-state index in [0.29, 0.717) is 34.9 Å². The molecule has 3 aromatic heterocycles. The lowest BCUT2D eigenvalue weighted by atomic mass is 9.97. The van der Waals surface area contributed by atoms with E-state index in [4.69, 9.17) is 0 Å². The Morgan fingerprint density at radius 1 is 1.10 bits per heavy atom. The molecule has 1 atom stereocenters. The van der Waals surface area contributed by atoms with E-state index < -0.39 is 0 Å². The normalized spacial score (nSPS) is 12.9. The third-order valence-electron chi connectivity index (χ3n) is 4.74. The lowest BCUT2D eigenvalue weighted by molar-refractivity contribution is 0.343. The van der Waals surface area contributed by atoms with Crippen molar-refractivity contribution in [2.75, 3.05) is 5.32 Å². The van der Waals surface area contributed by atoms with E-state index in [1.165, 1.54) is 6.07 Å². The van der Waals surface area contributed by atoms with Gasteiger partial charge in [0.2, 0.25) is 5.95 Å². The fourth-order valence-corrected chi connectivity index (χ4v) is 3.34. The second-order valence-corrected chi connectivity index (χ2v) is 8.63. The number of rotatable bonds is 4. The summed E-state index contributed by atoms with van der Waals surface area (Å²) >= 11 is 0. The van der Waals surface area contributed by atoms with Crippen LogP contribution in [0.2, 0.25) is 0 Å². The van der Waals surface area contributed by atoms with E-state index in [1.807, 2.05) is 13.0 Å². The van der Waals surface area contributed by atoms with Crippen LogP contribution in [0.4, 0.5) is 5.95 Å². The Labute approximate surface area is 173 Å². The molecule has 0 saturated heterocycles. The lowest BCUT2D eigenvalue weighted by Gasteiger charge is -2.21. The maximum absolute atomic E-state index is 12.5. The first kappa shape index (κ1) is 19.8. The highest BCUT2D eigenvalue weighted by atomic mass is 16.1. The highest BCUT2D eigenvalue weighted by Crippen LogP contribution is 2.20. The summed E-state index contributed by atoms with van der Waals surface area (Å²) in [6.45, 7) is 8.62. The van der Waals surface area contributed by atoms with E-state index in [2.05, 4.69) is 46.0 Å². The summed E-state index contributed by atoms with van der Waals surface area (Å²) < 4.78 is 1.67. The van der Waals surface area contributed by atoms with Crippen molar-refractivity contribution in [2.45, 2.75) is 40.3 Å². The van der Waals surface area contributed by atoms with Gasteiger partial charge in [0.15, 0.2) is 0 Å². The number of hydrogen-bond acceptors (Lipinski definition) is 6. The number of hydrogen-bond donors (Lipinski definition) is 2. The van der Waals surface area contributed by atoms with Crippen molar-refractivity contribution in [3.8, 4) is 0 Å². The third-order valence-corrected chi connectivity index (χ3v) is 4.74. The van der Waals surface area contributed by atoms with E-state index >= 15 is 0 Å². The molecule has 0 spiro atoms. The molecule has 1 aromatic carbocycles. The minimum atomic E-state index is -0.341. The molecule has 0 saturated carbocycles. The van der Waals surface area contributed by atoms with E-state index in [0.717, 1.165) is 5.39 Å². The van der Waals surface area contributed by atoms with Crippen LogP contribution in [0.15, 0.2) is 52.2 Å². The number of aromatic amines is 1. The molecule has 0 fully saturated rings. The van der Waals surface area contributed by atoms with Crippen LogP contribution in [-0.4, -0.2) is 24.5 Å². The van der Waals surface area contributed by atoms with Crippen molar-refractivity contribution in [3.05, 3.63) is 69.1 Å². The highest BCUT2D eigenvalue weighted by Gasteiger charge is 2.17. The summed E-state index contributed by atoms with van der Waals surface area (Å²) in [5.41, 5.74) is 0.821. The molecule has 154 valence electrons. The molecule has 0 aliphatic carbocycles. The number of fused-ring (bicyclic) bond motifs is 2. The number of nitrogens with one attached hydrogen (secondary N) is 2.